The Morgan fingerprint density at radius 2 is 1.05 bits per heavy atom. The number of carbonyl (C=O) groups excluding carboxylic acids is 2. The highest BCUT2D eigenvalue weighted by atomic mass is 16.6. The van der Waals surface area contributed by atoms with Crippen LogP contribution in [0.1, 0.15) is 149 Å². The van der Waals surface area contributed by atoms with Crippen molar-refractivity contribution in [2.24, 2.45) is 0 Å². The molecule has 1 N–H and O–H groups in total. The third-order valence-electron chi connectivity index (χ3n) is 6.89. The van der Waals surface area contributed by atoms with E-state index in [9.17, 15) is 14.7 Å². The maximum absolute atomic E-state index is 12.1. The van der Waals surface area contributed by atoms with Gasteiger partial charge >= 0.3 is 11.9 Å². The molecule has 1 atom stereocenters. The van der Waals surface area contributed by atoms with Gasteiger partial charge in [0.05, 0.1) is 6.61 Å². The molecular formula is C36H62O5. The van der Waals surface area contributed by atoms with Crippen molar-refractivity contribution in [1.82, 2.24) is 0 Å². The standard InChI is InChI=1S/C36H62O5/c1-3-5-7-9-11-13-15-17-18-19-21-23-25-27-29-31-36(39)41-34(32-37)33-40-35(38)30-28-26-24-22-20-16-14-12-10-8-6-4-2/h5,7,11,13,17-18,21,23,34,37H,3-4,6,8-10,12,14-16,19-20,22,24-33H2,1-2H3/b7-5-,13-11-,18-17-,23-21-/t34-/m0/s1. The van der Waals surface area contributed by atoms with Crippen molar-refractivity contribution >= 4 is 11.9 Å². The van der Waals surface area contributed by atoms with Gasteiger partial charge in [0.2, 0.25) is 0 Å². The number of hydrogen-bond donors (Lipinski definition) is 1. The first kappa shape index (κ1) is 38.9. The second kappa shape index (κ2) is 32.4. The highest BCUT2D eigenvalue weighted by molar-refractivity contribution is 5.70. The lowest BCUT2D eigenvalue weighted by atomic mass is 10.0. The van der Waals surface area contributed by atoms with Gasteiger partial charge in [-0.2, -0.15) is 0 Å². The molecule has 0 aliphatic heterocycles. The molecule has 0 rings (SSSR count). The molecule has 0 unspecified atom stereocenters. The molecule has 236 valence electrons. The van der Waals surface area contributed by atoms with Crippen molar-refractivity contribution in [1.29, 1.82) is 0 Å². The van der Waals surface area contributed by atoms with Crippen LogP contribution < -0.4 is 0 Å². The summed E-state index contributed by atoms with van der Waals surface area (Å²) >= 11 is 0. The minimum atomic E-state index is -0.789. The Balaban J connectivity index is 3.68. The lowest BCUT2D eigenvalue weighted by molar-refractivity contribution is -0.161. The minimum Gasteiger partial charge on any atom is -0.462 e. The number of aliphatic hydroxyl groups excluding tert-OH is 1. The smallest absolute Gasteiger partial charge is 0.306 e. The van der Waals surface area contributed by atoms with Crippen molar-refractivity contribution in [2.75, 3.05) is 13.2 Å². The predicted octanol–water partition coefficient (Wildman–Crippen LogP) is 9.89. The normalized spacial score (nSPS) is 12.8. The van der Waals surface area contributed by atoms with Crippen molar-refractivity contribution < 1.29 is 24.2 Å². The number of esters is 2. The van der Waals surface area contributed by atoms with Crippen molar-refractivity contribution in [3.63, 3.8) is 0 Å². The zero-order valence-electron chi connectivity index (χ0n) is 26.5. The Morgan fingerprint density at radius 3 is 1.59 bits per heavy atom. The number of carbonyl (C=O) groups is 2. The molecule has 5 nitrogen and oxygen atoms in total. The number of unbranched alkanes of at least 4 members (excludes halogenated alkanes) is 13. The Morgan fingerprint density at radius 1 is 0.585 bits per heavy atom. The Kier molecular flexibility index (Phi) is 30.7. The first-order chi connectivity index (χ1) is 20.1. The summed E-state index contributed by atoms with van der Waals surface area (Å²) in [6, 6.07) is 0. The molecule has 0 aromatic carbocycles. The summed E-state index contributed by atoms with van der Waals surface area (Å²) in [5.74, 6) is -0.643. The molecule has 0 radical (unpaired) electrons. The number of ether oxygens (including phenoxy) is 2. The van der Waals surface area contributed by atoms with E-state index in [4.69, 9.17) is 9.47 Å². The van der Waals surface area contributed by atoms with Crippen LogP contribution in [0.2, 0.25) is 0 Å². The first-order valence-electron chi connectivity index (χ1n) is 16.7. The molecule has 0 aliphatic rings. The van der Waals surface area contributed by atoms with E-state index in [0.29, 0.717) is 12.8 Å². The average molecular weight is 575 g/mol. The summed E-state index contributed by atoms with van der Waals surface area (Å²) in [4.78, 5) is 24.1. The van der Waals surface area contributed by atoms with E-state index in [-0.39, 0.29) is 25.2 Å². The van der Waals surface area contributed by atoms with Crippen molar-refractivity contribution in [3.05, 3.63) is 48.6 Å². The van der Waals surface area contributed by atoms with Gasteiger partial charge in [-0.05, 0) is 51.4 Å². The third kappa shape index (κ3) is 30.6. The third-order valence-corrected chi connectivity index (χ3v) is 6.89. The SMILES string of the molecule is CC/C=C\C/C=C\C/C=C\C/C=C\CCCCC(=O)O[C@@H](CO)COC(=O)CCCCCCCCCCCCCC. The number of allylic oxidation sites excluding steroid dienone is 8. The lowest BCUT2D eigenvalue weighted by Gasteiger charge is -2.15. The molecular weight excluding hydrogens is 512 g/mol. The van der Waals surface area contributed by atoms with Crippen LogP contribution in [-0.2, 0) is 19.1 Å². The first-order valence-corrected chi connectivity index (χ1v) is 16.7. The van der Waals surface area contributed by atoms with Crippen molar-refractivity contribution in [3.8, 4) is 0 Å². The van der Waals surface area contributed by atoms with E-state index in [0.717, 1.165) is 64.2 Å². The fourth-order valence-electron chi connectivity index (χ4n) is 4.37. The zero-order valence-corrected chi connectivity index (χ0v) is 26.5. The molecule has 0 fully saturated rings. The van der Waals surface area contributed by atoms with E-state index in [1.165, 1.54) is 57.8 Å². The van der Waals surface area contributed by atoms with Crippen LogP contribution in [0.25, 0.3) is 0 Å². The molecule has 0 aliphatic carbocycles. The molecule has 0 bridgehead atoms. The molecule has 5 heteroatoms. The van der Waals surface area contributed by atoms with Gasteiger partial charge in [-0.15, -0.1) is 0 Å². The summed E-state index contributed by atoms with van der Waals surface area (Å²) in [6.07, 6.45) is 38.8. The van der Waals surface area contributed by atoms with Crippen LogP contribution >= 0.6 is 0 Å². The second-order valence-electron chi connectivity index (χ2n) is 10.9. The highest BCUT2D eigenvalue weighted by Gasteiger charge is 2.16. The van der Waals surface area contributed by atoms with E-state index >= 15 is 0 Å². The van der Waals surface area contributed by atoms with Crippen LogP contribution in [0, 0.1) is 0 Å². The van der Waals surface area contributed by atoms with Crippen molar-refractivity contribution in [2.45, 2.75) is 155 Å². The largest absolute Gasteiger partial charge is 0.462 e. The Labute approximate surface area is 252 Å². The predicted molar refractivity (Wildman–Crippen MR) is 173 cm³/mol. The Bertz CT molecular complexity index is 707. The van der Waals surface area contributed by atoms with E-state index < -0.39 is 6.10 Å². The maximum Gasteiger partial charge on any atom is 0.306 e. The van der Waals surface area contributed by atoms with Gasteiger partial charge in [-0.3, -0.25) is 9.59 Å². The molecule has 0 aromatic heterocycles. The van der Waals surface area contributed by atoms with Crippen LogP contribution in [0.5, 0.6) is 0 Å². The van der Waals surface area contributed by atoms with Gasteiger partial charge in [0.25, 0.3) is 0 Å². The molecule has 0 aromatic rings. The highest BCUT2D eigenvalue weighted by Crippen LogP contribution is 2.13. The lowest BCUT2D eigenvalue weighted by Crippen LogP contribution is -2.28. The molecule has 0 saturated carbocycles. The fourth-order valence-corrected chi connectivity index (χ4v) is 4.37. The Hall–Kier alpha value is -2.14. The van der Waals surface area contributed by atoms with Crippen LogP contribution in [0.3, 0.4) is 0 Å². The number of rotatable bonds is 29. The maximum atomic E-state index is 12.1. The molecule has 0 amide bonds. The molecule has 41 heavy (non-hydrogen) atoms. The van der Waals surface area contributed by atoms with Gasteiger partial charge in [0, 0.05) is 12.8 Å². The van der Waals surface area contributed by atoms with Crippen LogP contribution in [0.15, 0.2) is 48.6 Å². The second-order valence-corrected chi connectivity index (χ2v) is 10.9. The quantitative estimate of drug-likeness (QED) is 0.0547. The van der Waals surface area contributed by atoms with E-state index in [1.54, 1.807) is 0 Å². The molecule has 0 saturated heterocycles. The molecule has 0 heterocycles. The number of hydrogen-bond acceptors (Lipinski definition) is 5. The monoisotopic (exact) mass is 574 g/mol. The number of aliphatic hydroxyl groups is 1. The minimum absolute atomic E-state index is 0.0821. The van der Waals surface area contributed by atoms with Gasteiger partial charge in [0.15, 0.2) is 6.10 Å². The van der Waals surface area contributed by atoms with E-state index in [1.807, 2.05) is 0 Å². The van der Waals surface area contributed by atoms with Gasteiger partial charge in [-0.25, -0.2) is 0 Å². The van der Waals surface area contributed by atoms with E-state index in [2.05, 4.69) is 62.5 Å². The summed E-state index contributed by atoms with van der Waals surface area (Å²) in [5.41, 5.74) is 0. The zero-order chi connectivity index (χ0) is 30.1. The van der Waals surface area contributed by atoms with Crippen LogP contribution in [-0.4, -0.2) is 36.4 Å². The molecule has 0 spiro atoms. The topological polar surface area (TPSA) is 72.8 Å². The van der Waals surface area contributed by atoms with Gasteiger partial charge in [0.1, 0.15) is 6.61 Å². The summed E-state index contributed by atoms with van der Waals surface area (Å²) < 4.78 is 10.5. The average Bonchev–Trinajstić information content (AvgIpc) is 2.97. The summed E-state index contributed by atoms with van der Waals surface area (Å²) in [7, 11) is 0. The fraction of sp³-hybridized carbons (Fsp3) is 0.722. The van der Waals surface area contributed by atoms with Gasteiger partial charge in [-0.1, -0.05) is 133 Å². The summed E-state index contributed by atoms with van der Waals surface area (Å²) in [6.45, 7) is 3.96. The van der Waals surface area contributed by atoms with Crippen LogP contribution in [0.4, 0.5) is 0 Å². The van der Waals surface area contributed by atoms with Gasteiger partial charge < -0.3 is 14.6 Å². The summed E-state index contributed by atoms with van der Waals surface area (Å²) in [5, 5.41) is 9.49.